The quantitative estimate of drug-likeness (QED) is 0.790. The molecular formula is C19H21NO3S. The molecule has 0 fully saturated rings. The van der Waals surface area contributed by atoms with Gasteiger partial charge >= 0.3 is 0 Å². The van der Waals surface area contributed by atoms with E-state index in [-0.39, 0.29) is 11.9 Å². The lowest BCUT2D eigenvalue weighted by Gasteiger charge is -2.32. The number of hydrogen-bond donors (Lipinski definition) is 0. The molecule has 126 valence electrons. The number of thiophene rings is 1. The lowest BCUT2D eigenvalue weighted by molar-refractivity contribution is -0.128. The number of fused-ring (bicyclic) bond motifs is 1. The number of carbonyl (C=O) groups is 1. The molecule has 0 saturated carbocycles. The van der Waals surface area contributed by atoms with Gasteiger partial charge in [-0.25, -0.2) is 0 Å². The summed E-state index contributed by atoms with van der Waals surface area (Å²) in [5, 5.41) is 2.10. The van der Waals surface area contributed by atoms with E-state index < -0.39 is 0 Å². The first kappa shape index (κ1) is 16.6. The first-order valence-electron chi connectivity index (χ1n) is 7.91. The second kappa shape index (κ2) is 7.09. The molecule has 1 atom stereocenters. The minimum absolute atomic E-state index is 0.0178. The highest BCUT2D eigenvalue weighted by Crippen LogP contribution is 2.33. The maximum absolute atomic E-state index is 12.6. The van der Waals surface area contributed by atoms with Gasteiger partial charge in [-0.1, -0.05) is 0 Å². The number of amides is 1. The Balaban J connectivity index is 1.79. The molecule has 0 aliphatic carbocycles. The second-order valence-corrected chi connectivity index (χ2v) is 6.70. The summed E-state index contributed by atoms with van der Waals surface area (Å²) in [5.41, 5.74) is 2.10. The molecule has 24 heavy (non-hydrogen) atoms. The number of ether oxygens (including phenoxy) is 2. The third kappa shape index (κ3) is 3.17. The van der Waals surface area contributed by atoms with Crippen molar-refractivity contribution in [1.29, 1.82) is 0 Å². The molecule has 0 spiro atoms. The number of methoxy groups -OCH3 is 2. The van der Waals surface area contributed by atoms with Crippen molar-refractivity contribution < 1.29 is 14.3 Å². The molecule has 0 N–H and O–H groups in total. The molecule has 5 heteroatoms. The maximum atomic E-state index is 12.6. The molecule has 1 amide bonds. The first-order valence-corrected chi connectivity index (χ1v) is 8.79. The highest BCUT2D eigenvalue weighted by molar-refractivity contribution is 7.10. The van der Waals surface area contributed by atoms with E-state index in [0.29, 0.717) is 5.75 Å². The molecular weight excluding hydrogens is 322 g/mol. The lowest BCUT2D eigenvalue weighted by atomic mass is 10.0. The normalized spacial score (nSPS) is 17.0. The molecule has 1 aliphatic rings. The van der Waals surface area contributed by atoms with E-state index in [1.165, 1.54) is 10.4 Å². The van der Waals surface area contributed by atoms with Crippen LogP contribution >= 0.6 is 11.3 Å². The zero-order valence-electron chi connectivity index (χ0n) is 14.1. The van der Waals surface area contributed by atoms with Gasteiger partial charge in [-0.2, -0.15) is 0 Å². The van der Waals surface area contributed by atoms with Crippen LogP contribution in [-0.4, -0.2) is 31.6 Å². The summed E-state index contributed by atoms with van der Waals surface area (Å²) in [4.78, 5) is 15.9. The SMILES string of the molecule is COc1ccc(OC)c(C=CC(=O)N2CCc3sccc3C2C)c1. The Kier molecular flexibility index (Phi) is 4.90. The number of nitrogens with zero attached hydrogens (tertiary/aromatic N) is 1. The van der Waals surface area contributed by atoms with Crippen molar-refractivity contribution in [2.24, 2.45) is 0 Å². The fourth-order valence-corrected chi connectivity index (χ4v) is 4.00. The highest BCUT2D eigenvalue weighted by Gasteiger charge is 2.27. The summed E-state index contributed by atoms with van der Waals surface area (Å²) in [6.45, 7) is 2.84. The topological polar surface area (TPSA) is 38.8 Å². The Hall–Kier alpha value is -2.27. The van der Waals surface area contributed by atoms with Crippen LogP contribution in [0.2, 0.25) is 0 Å². The Bertz CT molecular complexity index is 766. The van der Waals surface area contributed by atoms with Crippen LogP contribution in [0.15, 0.2) is 35.7 Å². The van der Waals surface area contributed by atoms with Gasteiger partial charge in [0.15, 0.2) is 0 Å². The summed E-state index contributed by atoms with van der Waals surface area (Å²) in [5.74, 6) is 1.47. The third-order valence-corrected chi connectivity index (χ3v) is 5.40. The smallest absolute Gasteiger partial charge is 0.247 e. The van der Waals surface area contributed by atoms with E-state index in [2.05, 4.69) is 18.4 Å². The van der Waals surface area contributed by atoms with Crippen LogP contribution in [0.4, 0.5) is 0 Å². The van der Waals surface area contributed by atoms with E-state index >= 15 is 0 Å². The average Bonchev–Trinajstić information content (AvgIpc) is 3.09. The fourth-order valence-electron chi connectivity index (χ4n) is 3.04. The van der Waals surface area contributed by atoms with Gasteiger partial charge < -0.3 is 14.4 Å². The molecule has 4 nitrogen and oxygen atoms in total. The molecule has 1 aliphatic heterocycles. The van der Waals surface area contributed by atoms with Crippen molar-refractivity contribution in [2.45, 2.75) is 19.4 Å². The zero-order valence-corrected chi connectivity index (χ0v) is 14.9. The van der Waals surface area contributed by atoms with Gasteiger partial charge in [-0.3, -0.25) is 4.79 Å². The predicted molar refractivity (Wildman–Crippen MR) is 96.7 cm³/mol. The van der Waals surface area contributed by atoms with Crippen LogP contribution in [0.5, 0.6) is 11.5 Å². The monoisotopic (exact) mass is 343 g/mol. The van der Waals surface area contributed by atoms with Crippen molar-refractivity contribution in [1.82, 2.24) is 4.90 Å². The van der Waals surface area contributed by atoms with Crippen molar-refractivity contribution in [2.75, 3.05) is 20.8 Å². The highest BCUT2D eigenvalue weighted by atomic mass is 32.1. The van der Waals surface area contributed by atoms with E-state index in [1.807, 2.05) is 23.1 Å². The molecule has 2 aromatic rings. The maximum Gasteiger partial charge on any atom is 0.247 e. The number of rotatable bonds is 4. The molecule has 3 rings (SSSR count). The minimum Gasteiger partial charge on any atom is -0.497 e. The molecule has 1 unspecified atom stereocenters. The summed E-state index contributed by atoms with van der Waals surface area (Å²) >= 11 is 1.78. The Morgan fingerprint density at radius 3 is 2.88 bits per heavy atom. The van der Waals surface area contributed by atoms with Gasteiger partial charge in [0.2, 0.25) is 5.91 Å². The number of carbonyl (C=O) groups excluding carboxylic acids is 1. The van der Waals surface area contributed by atoms with Crippen LogP contribution in [0.1, 0.15) is 29.0 Å². The molecule has 1 aromatic carbocycles. The van der Waals surface area contributed by atoms with Gasteiger partial charge in [0.05, 0.1) is 20.3 Å². The van der Waals surface area contributed by atoms with Crippen molar-refractivity contribution in [3.8, 4) is 11.5 Å². The van der Waals surface area contributed by atoms with Crippen LogP contribution in [0.25, 0.3) is 6.08 Å². The van der Waals surface area contributed by atoms with Gasteiger partial charge in [0.1, 0.15) is 11.5 Å². The van der Waals surface area contributed by atoms with Crippen LogP contribution < -0.4 is 9.47 Å². The standard InChI is InChI=1S/C19H21NO3S/c1-13-16-9-11-24-18(16)8-10-20(13)19(21)7-4-14-12-15(22-2)5-6-17(14)23-3/h4-7,9,11-13H,8,10H2,1-3H3. The summed E-state index contributed by atoms with van der Waals surface area (Å²) in [6, 6.07) is 7.77. The summed E-state index contributed by atoms with van der Waals surface area (Å²) in [6.07, 6.45) is 4.34. The molecule has 0 saturated heterocycles. The first-order chi connectivity index (χ1) is 11.6. The van der Waals surface area contributed by atoms with Crippen LogP contribution in [-0.2, 0) is 11.2 Å². The van der Waals surface area contributed by atoms with Crippen LogP contribution in [0, 0.1) is 0 Å². The summed E-state index contributed by atoms with van der Waals surface area (Å²) < 4.78 is 10.6. The fraction of sp³-hybridized carbons (Fsp3) is 0.316. The second-order valence-electron chi connectivity index (χ2n) is 5.70. The lowest BCUT2D eigenvalue weighted by Crippen LogP contribution is -2.37. The average molecular weight is 343 g/mol. The van der Waals surface area contributed by atoms with Gasteiger partial charge in [-0.05, 0) is 54.6 Å². The Morgan fingerprint density at radius 1 is 1.29 bits per heavy atom. The Labute approximate surface area is 146 Å². The molecule has 2 heterocycles. The minimum atomic E-state index is 0.0178. The van der Waals surface area contributed by atoms with Gasteiger partial charge in [-0.15, -0.1) is 11.3 Å². The van der Waals surface area contributed by atoms with E-state index in [4.69, 9.17) is 9.47 Å². The zero-order chi connectivity index (χ0) is 17.1. The van der Waals surface area contributed by atoms with E-state index in [0.717, 1.165) is 24.3 Å². The number of benzene rings is 1. The van der Waals surface area contributed by atoms with Crippen molar-refractivity contribution >= 4 is 23.3 Å². The van der Waals surface area contributed by atoms with E-state index in [1.54, 1.807) is 37.7 Å². The Morgan fingerprint density at radius 2 is 2.12 bits per heavy atom. The van der Waals surface area contributed by atoms with Gasteiger partial charge in [0.25, 0.3) is 0 Å². The van der Waals surface area contributed by atoms with Crippen molar-refractivity contribution in [3.63, 3.8) is 0 Å². The largest absolute Gasteiger partial charge is 0.497 e. The van der Waals surface area contributed by atoms with Crippen LogP contribution in [0.3, 0.4) is 0 Å². The summed E-state index contributed by atoms with van der Waals surface area (Å²) in [7, 11) is 3.24. The molecule has 1 aromatic heterocycles. The van der Waals surface area contributed by atoms with Gasteiger partial charge in [0, 0.05) is 23.1 Å². The molecule has 0 bridgehead atoms. The molecule has 0 radical (unpaired) electrons. The third-order valence-electron chi connectivity index (χ3n) is 4.40. The van der Waals surface area contributed by atoms with Crippen molar-refractivity contribution in [3.05, 3.63) is 51.7 Å². The predicted octanol–water partition coefficient (Wildman–Crippen LogP) is 3.92. The van der Waals surface area contributed by atoms with E-state index in [9.17, 15) is 4.79 Å². The number of hydrogen-bond acceptors (Lipinski definition) is 4.